The van der Waals surface area contributed by atoms with Gasteiger partial charge in [0.15, 0.2) is 11.5 Å². The van der Waals surface area contributed by atoms with Crippen molar-refractivity contribution in [3.63, 3.8) is 0 Å². The average molecular weight is 508 g/mol. The maximum absolute atomic E-state index is 12.5. The number of imide groups is 1. The van der Waals surface area contributed by atoms with Crippen LogP contribution in [0.2, 0.25) is 10.0 Å². The average Bonchev–Trinajstić information content (AvgIpc) is 3.01. The third kappa shape index (κ3) is 5.90. The Morgan fingerprint density at radius 1 is 1.21 bits per heavy atom. The van der Waals surface area contributed by atoms with Crippen LogP contribution in [0, 0.1) is 0 Å². The van der Waals surface area contributed by atoms with Gasteiger partial charge < -0.3 is 14.6 Å². The third-order valence-electron chi connectivity index (χ3n) is 4.59. The van der Waals surface area contributed by atoms with Crippen molar-refractivity contribution in [2.75, 3.05) is 13.7 Å². The van der Waals surface area contributed by atoms with Gasteiger partial charge in [0.05, 0.1) is 12.0 Å². The molecule has 0 aliphatic carbocycles. The Hall–Kier alpha value is -2.94. The number of thioether (sulfide) groups is 1. The highest BCUT2D eigenvalue weighted by molar-refractivity contribution is 8.18. The maximum Gasteiger partial charge on any atom is 0.323 e. The summed E-state index contributed by atoms with van der Waals surface area (Å²) in [6.45, 7) is 3.26. The number of hydrogen-bond acceptors (Lipinski definition) is 6. The number of halogens is 2. The second kappa shape index (κ2) is 10.8. The van der Waals surface area contributed by atoms with Gasteiger partial charge in [0.25, 0.3) is 11.1 Å². The minimum absolute atomic E-state index is 0.120. The largest absolute Gasteiger partial charge is 0.493 e. The van der Waals surface area contributed by atoms with E-state index < -0.39 is 23.7 Å². The number of carboxylic acids is 1. The van der Waals surface area contributed by atoms with Crippen LogP contribution < -0.4 is 9.47 Å². The van der Waals surface area contributed by atoms with Crippen molar-refractivity contribution in [2.45, 2.75) is 13.0 Å². The molecular weight excluding hydrogens is 489 g/mol. The molecule has 1 fully saturated rings. The number of methoxy groups -OCH3 is 1. The first kappa shape index (κ1) is 24.7. The molecular formula is C23H19Cl2NO6S. The standard InChI is InChI=1S/C23H19Cl2NO6S/c1-3-4-14-7-13(9-19-22(29)26(11-20(27)28)23(30)33-19)8-18(31-2)21(14)32-12-15-5-6-16(24)10-17(15)25/h3,5-10H,1,4,11-12H2,2H3,(H,27,28)/b19-9+. The maximum atomic E-state index is 12.5. The molecule has 1 heterocycles. The molecule has 0 atom stereocenters. The second-order valence-electron chi connectivity index (χ2n) is 6.89. The monoisotopic (exact) mass is 507 g/mol. The van der Waals surface area contributed by atoms with E-state index in [0.29, 0.717) is 50.2 Å². The van der Waals surface area contributed by atoms with Crippen LogP contribution in [0.1, 0.15) is 16.7 Å². The van der Waals surface area contributed by atoms with E-state index >= 15 is 0 Å². The summed E-state index contributed by atoms with van der Waals surface area (Å²) in [6.07, 6.45) is 3.66. The van der Waals surface area contributed by atoms with E-state index in [1.165, 1.54) is 13.2 Å². The SMILES string of the molecule is C=CCc1cc(/C=C2/SC(=O)N(CC(=O)O)C2=O)cc(OC)c1OCc1ccc(Cl)cc1Cl. The molecule has 2 aromatic rings. The van der Waals surface area contributed by atoms with Crippen molar-refractivity contribution in [3.05, 3.63) is 74.6 Å². The summed E-state index contributed by atoms with van der Waals surface area (Å²) >= 11 is 12.9. The fraction of sp³-hybridized carbons (Fsp3) is 0.174. The van der Waals surface area contributed by atoms with Crippen molar-refractivity contribution in [2.24, 2.45) is 0 Å². The van der Waals surface area contributed by atoms with Gasteiger partial charge in [0.2, 0.25) is 0 Å². The van der Waals surface area contributed by atoms with Crippen LogP contribution in [0.15, 0.2) is 47.9 Å². The van der Waals surface area contributed by atoms with E-state index in [9.17, 15) is 14.4 Å². The van der Waals surface area contributed by atoms with E-state index in [1.54, 1.807) is 36.4 Å². The number of nitrogens with zero attached hydrogens (tertiary/aromatic N) is 1. The lowest BCUT2D eigenvalue weighted by Gasteiger charge is -2.16. The third-order valence-corrected chi connectivity index (χ3v) is 6.08. The summed E-state index contributed by atoms with van der Waals surface area (Å²) in [6, 6.07) is 8.56. The summed E-state index contributed by atoms with van der Waals surface area (Å²) < 4.78 is 11.5. The van der Waals surface area contributed by atoms with Crippen molar-refractivity contribution < 1.29 is 29.0 Å². The van der Waals surface area contributed by atoms with E-state index in [-0.39, 0.29) is 11.5 Å². The number of rotatable bonds is 9. The van der Waals surface area contributed by atoms with E-state index in [2.05, 4.69) is 6.58 Å². The first-order chi connectivity index (χ1) is 15.7. The zero-order valence-electron chi connectivity index (χ0n) is 17.5. The first-order valence-electron chi connectivity index (χ1n) is 9.59. The van der Waals surface area contributed by atoms with E-state index in [4.69, 9.17) is 37.8 Å². The Kier molecular flexibility index (Phi) is 8.07. The molecule has 2 amide bonds. The fourth-order valence-electron chi connectivity index (χ4n) is 3.10. The van der Waals surface area contributed by atoms with Crippen LogP contribution in [-0.2, 0) is 22.6 Å². The molecule has 1 N–H and O–H groups in total. The highest BCUT2D eigenvalue weighted by Gasteiger charge is 2.36. The Morgan fingerprint density at radius 3 is 2.61 bits per heavy atom. The molecule has 3 rings (SSSR count). The Labute approximate surface area is 204 Å². The topological polar surface area (TPSA) is 93.1 Å². The van der Waals surface area contributed by atoms with Gasteiger partial charge in [-0.15, -0.1) is 6.58 Å². The predicted octanol–water partition coefficient (Wildman–Crippen LogP) is 5.43. The van der Waals surface area contributed by atoms with Crippen LogP contribution in [0.5, 0.6) is 11.5 Å². The van der Waals surface area contributed by atoms with Gasteiger partial charge in [-0.3, -0.25) is 19.3 Å². The molecule has 0 bridgehead atoms. The lowest BCUT2D eigenvalue weighted by molar-refractivity contribution is -0.140. The molecule has 1 saturated heterocycles. The number of carbonyl (C=O) groups is 3. The number of amides is 2. The summed E-state index contributed by atoms with van der Waals surface area (Å²) in [7, 11) is 1.49. The number of aliphatic carboxylic acids is 1. The zero-order valence-corrected chi connectivity index (χ0v) is 19.8. The summed E-state index contributed by atoms with van der Waals surface area (Å²) in [4.78, 5) is 36.2. The van der Waals surface area contributed by atoms with Crippen LogP contribution in [-0.4, -0.2) is 40.8 Å². The minimum atomic E-state index is -1.27. The summed E-state index contributed by atoms with van der Waals surface area (Å²) in [5.41, 5.74) is 2.07. The molecule has 1 aliphatic rings. The molecule has 33 heavy (non-hydrogen) atoms. The van der Waals surface area contributed by atoms with Gasteiger partial charge in [0, 0.05) is 21.2 Å². The molecule has 7 nitrogen and oxygen atoms in total. The number of ether oxygens (including phenoxy) is 2. The lowest BCUT2D eigenvalue weighted by atomic mass is 10.0. The molecule has 10 heteroatoms. The highest BCUT2D eigenvalue weighted by Crippen LogP contribution is 2.38. The molecule has 0 spiro atoms. The van der Waals surface area contributed by atoms with Crippen LogP contribution in [0.3, 0.4) is 0 Å². The van der Waals surface area contributed by atoms with Crippen LogP contribution >= 0.6 is 35.0 Å². The van der Waals surface area contributed by atoms with Gasteiger partial charge in [0.1, 0.15) is 13.2 Å². The summed E-state index contributed by atoms with van der Waals surface area (Å²) in [5.74, 6) is -1.03. The number of carboxylic acid groups (broad SMARTS) is 1. The second-order valence-corrected chi connectivity index (χ2v) is 8.73. The molecule has 1 aliphatic heterocycles. The lowest BCUT2D eigenvalue weighted by Crippen LogP contribution is -2.33. The molecule has 0 aromatic heterocycles. The van der Waals surface area contributed by atoms with Gasteiger partial charge in [-0.25, -0.2) is 0 Å². The number of hydrogen-bond donors (Lipinski definition) is 1. The van der Waals surface area contributed by atoms with Crippen LogP contribution in [0.4, 0.5) is 4.79 Å². The molecule has 0 unspecified atom stereocenters. The number of benzene rings is 2. The van der Waals surface area contributed by atoms with Crippen molar-refractivity contribution in [1.82, 2.24) is 4.90 Å². The predicted molar refractivity (Wildman–Crippen MR) is 128 cm³/mol. The first-order valence-corrected chi connectivity index (χ1v) is 11.2. The van der Waals surface area contributed by atoms with Gasteiger partial charge in [-0.2, -0.15) is 0 Å². The van der Waals surface area contributed by atoms with Gasteiger partial charge >= 0.3 is 5.97 Å². The van der Waals surface area contributed by atoms with E-state index in [1.807, 2.05) is 0 Å². The molecule has 2 aromatic carbocycles. The highest BCUT2D eigenvalue weighted by atomic mass is 35.5. The minimum Gasteiger partial charge on any atom is -0.493 e. The van der Waals surface area contributed by atoms with Gasteiger partial charge in [-0.05, 0) is 54.1 Å². The Morgan fingerprint density at radius 2 is 1.97 bits per heavy atom. The van der Waals surface area contributed by atoms with Crippen molar-refractivity contribution >= 4 is 58.2 Å². The van der Waals surface area contributed by atoms with Crippen molar-refractivity contribution in [3.8, 4) is 11.5 Å². The molecule has 172 valence electrons. The molecule has 0 saturated carbocycles. The molecule has 0 radical (unpaired) electrons. The number of carbonyl (C=O) groups excluding carboxylic acids is 2. The van der Waals surface area contributed by atoms with Gasteiger partial charge in [-0.1, -0.05) is 35.3 Å². The van der Waals surface area contributed by atoms with E-state index in [0.717, 1.165) is 11.1 Å². The van der Waals surface area contributed by atoms with Crippen LogP contribution in [0.25, 0.3) is 6.08 Å². The summed E-state index contributed by atoms with van der Waals surface area (Å²) in [5, 5.41) is 9.27. The number of allylic oxidation sites excluding steroid dienone is 1. The fourth-order valence-corrected chi connectivity index (χ4v) is 4.40. The zero-order chi connectivity index (χ0) is 24.1. The quantitative estimate of drug-likeness (QED) is 0.357. The Bertz CT molecular complexity index is 1160. The van der Waals surface area contributed by atoms with Crippen molar-refractivity contribution in [1.29, 1.82) is 0 Å². The Balaban J connectivity index is 1.92. The smallest absolute Gasteiger partial charge is 0.323 e. The normalized spacial score (nSPS) is 14.6.